The Bertz CT molecular complexity index is 568. The first-order valence-corrected chi connectivity index (χ1v) is 7.46. The van der Waals surface area contributed by atoms with E-state index < -0.39 is 0 Å². The molecule has 2 aliphatic rings. The molecule has 1 aromatic rings. The van der Waals surface area contributed by atoms with Crippen LogP contribution in [0.3, 0.4) is 0 Å². The molecule has 2 heterocycles. The Hall–Kier alpha value is -1.49. The molecule has 0 aromatic carbocycles. The number of halogens is 1. The van der Waals surface area contributed by atoms with Crippen LogP contribution in [0.5, 0.6) is 0 Å². The van der Waals surface area contributed by atoms with Gasteiger partial charge in [0.2, 0.25) is 11.1 Å². The summed E-state index contributed by atoms with van der Waals surface area (Å²) in [5.74, 6) is 0.760. The van der Waals surface area contributed by atoms with Gasteiger partial charge in [-0.3, -0.25) is 0 Å². The zero-order valence-electron chi connectivity index (χ0n) is 11.5. The molecule has 1 atom stereocenters. The minimum absolute atomic E-state index is 0.0119. The number of hydrogen-bond acceptors (Lipinski definition) is 4. The molecule has 0 saturated heterocycles. The molecule has 1 fully saturated rings. The predicted octanol–water partition coefficient (Wildman–Crippen LogP) is 2.54. The Kier molecular flexibility index (Phi) is 3.46. The van der Waals surface area contributed by atoms with Crippen LogP contribution in [0.4, 0.5) is 11.5 Å². The highest BCUT2D eigenvalue weighted by Crippen LogP contribution is 2.38. The average molecular weight is 294 g/mol. The van der Waals surface area contributed by atoms with Crippen LogP contribution < -0.4 is 4.90 Å². The van der Waals surface area contributed by atoms with E-state index in [-0.39, 0.29) is 17.2 Å². The normalized spacial score (nSPS) is 23.3. The van der Waals surface area contributed by atoms with Gasteiger partial charge in [0.1, 0.15) is 12.9 Å². The first kappa shape index (κ1) is 13.5. The molecule has 20 heavy (non-hydrogen) atoms. The van der Waals surface area contributed by atoms with Crippen molar-refractivity contribution in [3.8, 4) is 0 Å². The lowest BCUT2D eigenvalue weighted by Crippen LogP contribution is -2.52. The maximum atomic E-state index is 12.5. The number of fused-ring (bicyclic) bond motifs is 1. The number of nitrogens with zero attached hydrogens (tertiary/aromatic N) is 4. The fraction of sp³-hybridized carbons (Fsp3) is 0.571. The zero-order valence-corrected chi connectivity index (χ0v) is 12.3. The second-order valence-electron chi connectivity index (χ2n) is 5.38. The quantitative estimate of drug-likeness (QED) is 0.621. The monoisotopic (exact) mass is 293 g/mol. The Morgan fingerprint density at radius 1 is 1.50 bits per heavy atom. The molecule has 3 rings (SSSR count). The molecule has 1 aliphatic heterocycles. The van der Waals surface area contributed by atoms with Crippen LogP contribution in [0.2, 0.25) is 5.28 Å². The highest BCUT2D eigenvalue weighted by Gasteiger charge is 2.46. The molecule has 1 aromatic heterocycles. The van der Waals surface area contributed by atoms with Gasteiger partial charge in [-0.15, -0.1) is 4.58 Å². The Labute approximate surface area is 123 Å². The summed E-state index contributed by atoms with van der Waals surface area (Å²) in [4.78, 5) is 23.0. The van der Waals surface area contributed by atoms with Crippen molar-refractivity contribution in [2.24, 2.45) is 0 Å². The first-order chi connectivity index (χ1) is 9.63. The summed E-state index contributed by atoms with van der Waals surface area (Å²) in [5, 5.41) is 0.212. The van der Waals surface area contributed by atoms with Crippen LogP contribution >= 0.6 is 11.6 Å². The third-order valence-corrected chi connectivity index (χ3v) is 4.43. The molecule has 0 spiro atoms. The average Bonchev–Trinajstić information content (AvgIpc) is 2.96. The maximum absolute atomic E-state index is 12.5. The second kappa shape index (κ2) is 5.13. The fourth-order valence-electron chi connectivity index (χ4n) is 3.27. The summed E-state index contributed by atoms with van der Waals surface area (Å²) in [6.45, 7) is 5.86. The van der Waals surface area contributed by atoms with Gasteiger partial charge in [0, 0.05) is 6.04 Å². The standard InChI is InChI=1S/C14H18ClN4O/c1-3-10-13(20)18(2)11-8-16-14(15)17-12(11)19(10)9-6-4-5-7-9/h8-10H,2-7H2,1H3/q+1. The lowest BCUT2D eigenvalue weighted by Gasteiger charge is -2.37. The summed E-state index contributed by atoms with van der Waals surface area (Å²) >= 11 is 5.95. The molecule has 1 saturated carbocycles. The van der Waals surface area contributed by atoms with Crippen molar-refractivity contribution in [3.05, 3.63) is 11.5 Å². The molecule has 1 aliphatic carbocycles. The molecular formula is C14H18ClN4O+. The molecule has 1 unspecified atom stereocenters. The number of carbonyl (C=O) groups excluding carboxylic acids is 1. The summed E-state index contributed by atoms with van der Waals surface area (Å²) in [7, 11) is 0. The van der Waals surface area contributed by atoms with Crippen LogP contribution in [0.1, 0.15) is 39.0 Å². The van der Waals surface area contributed by atoms with Crippen LogP contribution in [0, 0.1) is 0 Å². The predicted molar refractivity (Wildman–Crippen MR) is 77.9 cm³/mol. The van der Waals surface area contributed by atoms with Gasteiger partial charge in [0.15, 0.2) is 6.04 Å². The Morgan fingerprint density at radius 3 is 2.85 bits per heavy atom. The smallest absolute Gasteiger partial charge is 0.332 e. The number of amides is 1. The Morgan fingerprint density at radius 2 is 2.20 bits per heavy atom. The van der Waals surface area contributed by atoms with Gasteiger partial charge in [-0.1, -0.05) is 19.8 Å². The van der Waals surface area contributed by atoms with Crippen LogP contribution in [-0.4, -0.2) is 39.3 Å². The van der Waals surface area contributed by atoms with Gasteiger partial charge in [-0.05, 0) is 30.9 Å². The minimum atomic E-state index is -0.200. The third kappa shape index (κ3) is 2.00. The van der Waals surface area contributed by atoms with Gasteiger partial charge in [-0.2, -0.15) is 4.98 Å². The number of carbonyl (C=O) groups is 1. The van der Waals surface area contributed by atoms with E-state index in [1.54, 1.807) is 6.20 Å². The summed E-state index contributed by atoms with van der Waals surface area (Å²) in [6, 6.07) is 0.163. The van der Waals surface area contributed by atoms with Crippen LogP contribution in [0.15, 0.2) is 6.20 Å². The largest absolute Gasteiger partial charge is 0.414 e. The molecular weight excluding hydrogens is 276 g/mol. The lowest BCUT2D eigenvalue weighted by atomic mass is 10.0. The van der Waals surface area contributed by atoms with Crippen LogP contribution in [0.25, 0.3) is 0 Å². The van der Waals surface area contributed by atoms with Gasteiger partial charge in [0.05, 0.1) is 0 Å². The fourth-order valence-corrected chi connectivity index (χ4v) is 3.40. The third-order valence-electron chi connectivity index (χ3n) is 4.25. The van der Waals surface area contributed by atoms with E-state index in [1.807, 2.05) is 6.92 Å². The van der Waals surface area contributed by atoms with E-state index in [2.05, 4.69) is 21.6 Å². The van der Waals surface area contributed by atoms with Crippen molar-refractivity contribution in [1.82, 2.24) is 9.97 Å². The molecule has 106 valence electrons. The van der Waals surface area contributed by atoms with Gasteiger partial charge in [0.25, 0.3) is 5.69 Å². The van der Waals surface area contributed by atoms with Gasteiger partial charge >= 0.3 is 5.91 Å². The molecule has 0 bridgehead atoms. The van der Waals surface area contributed by atoms with E-state index in [1.165, 1.54) is 17.4 Å². The molecule has 6 heteroatoms. The number of rotatable bonds is 2. The Balaban J connectivity index is 2.13. The number of hydrogen-bond donors (Lipinski definition) is 0. The topological polar surface area (TPSA) is 49.1 Å². The second-order valence-corrected chi connectivity index (χ2v) is 5.72. The van der Waals surface area contributed by atoms with E-state index in [9.17, 15) is 4.79 Å². The highest BCUT2D eigenvalue weighted by atomic mass is 35.5. The summed E-state index contributed by atoms with van der Waals surface area (Å²) in [5.41, 5.74) is 0.649. The van der Waals surface area contributed by atoms with Crippen molar-refractivity contribution < 1.29 is 9.37 Å². The van der Waals surface area contributed by atoms with Crippen molar-refractivity contribution in [3.63, 3.8) is 0 Å². The van der Waals surface area contributed by atoms with E-state index in [4.69, 9.17) is 11.6 Å². The van der Waals surface area contributed by atoms with Crippen molar-refractivity contribution in [2.75, 3.05) is 4.90 Å². The molecule has 1 amide bonds. The lowest BCUT2D eigenvalue weighted by molar-refractivity contribution is -0.364. The van der Waals surface area contributed by atoms with Crippen molar-refractivity contribution in [2.45, 2.75) is 51.1 Å². The highest BCUT2D eigenvalue weighted by molar-refractivity contribution is 6.28. The van der Waals surface area contributed by atoms with E-state index in [0.717, 1.165) is 25.1 Å². The minimum Gasteiger partial charge on any atom is -0.332 e. The summed E-state index contributed by atoms with van der Waals surface area (Å²) in [6.07, 6.45) is 6.93. The first-order valence-electron chi connectivity index (χ1n) is 7.08. The van der Waals surface area contributed by atoms with Crippen molar-refractivity contribution >= 4 is 35.7 Å². The number of aromatic nitrogens is 2. The van der Waals surface area contributed by atoms with Crippen LogP contribution in [-0.2, 0) is 4.79 Å². The molecule has 0 N–H and O–H groups in total. The van der Waals surface area contributed by atoms with Gasteiger partial charge in [-0.25, -0.2) is 9.78 Å². The molecule has 5 nitrogen and oxygen atoms in total. The molecule has 0 radical (unpaired) electrons. The van der Waals surface area contributed by atoms with Crippen molar-refractivity contribution in [1.29, 1.82) is 0 Å². The van der Waals surface area contributed by atoms with E-state index >= 15 is 0 Å². The van der Waals surface area contributed by atoms with Gasteiger partial charge < -0.3 is 4.90 Å². The summed E-state index contributed by atoms with van der Waals surface area (Å²) < 4.78 is 1.41. The van der Waals surface area contributed by atoms with E-state index in [0.29, 0.717) is 11.7 Å². The SMILES string of the molecule is C=[N+]1C(=O)C(CC)N(C2CCCC2)c2nc(Cl)ncc21. The number of anilines is 1. The maximum Gasteiger partial charge on any atom is 0.414 e. The zero-order chi connectivity index (χ0) is 14.3.